The molecule has 0 aromatic heterocycles. The van der Waals surface area contributed by atoms with Crippen LogP contribution < -0.4 is 5.32 Å². The van der Waals surface area contributed by atoms with E-state index in [2.05, 4.69) is 5.32 Å². The lowest BCUT2D eigenvalue weighted by molar-refractivity contribution is -0.148. The molecule has 2 rings (SSSR count). The van der Waals surface area contributed by atoms with Gasteiger partial charge >= 0.3 is 5.97 Å². The van der Waals surface area contributed by atoms with E-state index in [9.17, 15) is 14.4 Å². The summed E-state index contributed by atoms with van der Waals surface area (Å²) in [7, 11) is 0. The summed E-state index contributed by atoms with van der Waals surface area (Å²) in [6.45, 7) is 2.65. The van der Waals surface area contributed by atoms with Crippen LogP contribution in [0, 0.1) is 0 Å². The summed E-state index contributed by atoms with van der Waals surface area (Å²) in [5, 5.41) is 12.5. The Morgan fingerprint density at radius 2 is 2.04 bits per heavy atom. The first-order chi connectivity index (χ1) is 10.9. The second kappa shape index (κ2) is 7.53. The number of hydrogen-bond donors (Lipinski definition) is 2. The van der Waals surface area contributed by atoms with Crippen LogP contribution in [0.1, 0.15) is 32.6 Å². The van der Waals surface area contributed by atoms with Crippen molar-refractivity contribution < 1.29 is 19.5 Å². The van der Waals surface area contributed by atoms with Crippen LogP contribution in [0.2, 0.25) is 0 Å². The number of amides is 2. The van der Waals surface area contributed by atoms with Crippen molar-refractivity contribution in [3.05, 3.63) is 0 Å². The van der Waals surface area contributed by atoms with Gasteiger partial charge in [-0.1, -0.05) is 6.92 Å². The van der Waals surface area contributed by atoms with Gasteiger partial charge in [0.2, 0.25) is 11.8 Å². The highest BCUT2D eigenvalue weighted by Gasteiger charge is 2.51. The predicted octanol–water partition coefficient (Wildman–Crippen LogP) is 0.353. The van der Waals surface area contributed by atoms with Gasteiger partial charge in [0.05, 0.1) is 11.7 Å². The lowest BCUT2D eigenvalue weighted by atomic mass is 9.95. The first-order valence-electron chi connectivity index (χ1n) is 8.01. The van der Waals surface area contributed by atoms with Gasteiger partial charge < -0.3 is 14.9 Å². The smallest absolute Gasteiger partial charge is 0.323 e. The second-order valence-electron chi connectivity index (χ2n) is 6.06. The molecule has 1 unspecified atom stereocenters. The molecular weight excluding hydrogens is 318 g/mol. The number of carboxylic acid groups (broad SMARTS) is 1. The number of nitrogens with one attached hydrogen (secondary N) is 1. The molecule has 0 saturated carbocycles. The summed E-state index contributed by atoms with van der Waals surface area (Å²) >= 11 is 1.67. The predicted molar refractivity (Wildman–Crippen MR) is 88.1 cm³/mol. The Bertz CT molecular complexity index is 477. The van der Waals surface area contributed by atoms with Crippen molar-refractivity contribution in [1.82, 2.24) is 15.1 Å². The van der Waals surface area contributed by atoms with Gasteiger partial charge in [-0.15, -0.1) is 0 Å². The van der Waals surface area contributed by atoms with E-state index >= 15 is 0 Å². The third kappa shape index (κ3) is 3.80. The third-order valence-electron chi connectivity index (χ3n) is 4.67. The first-order valence-corrected chi connectivity index (χ1v) is 9.40. The number of rotatable bonds is 6. The number of aliphatic carboxylic acids is 1. The van der Waals surface area contributed by atoms with Gasteiger partial charge in [-0.05, 0) is 18.4 Å². The molecule has 0 aliphatic carbocycles. The van der Waals surface area contributed by atoms with E-state index in [0.717, 1.165) is 5.75 Å². The molecule has 1 atom stereocenters. The van der Waals surface area contributed by atoms with E-state index in [4.69, 9.17) is 5.11 Å². The number of carboxylic acids is 1. The SMILES string of the molecule is CCC(=O)N1CCC2(CC1)NC(CCSC)C(=O)N2CC(=O)O. The molecule has 2 heterocycles. The zero-order chi connectivity index (χ0) is 17.0. The Kier molecular flexibility index (Phi) is 5.91. The number of likely N-dealkylation sites (tertiary alicyclic amines) is 1. The van der Waals surface area contributed by atoms with Gasteiger partial charge in [0.25, 0.3) is 0 Å². The van der Waals surface area contributed by atoms with Crippen LogP contribution in [-0.4, -0.2) is 76.0 Å². The molecule has 0 bridgehead atoms. The number of hydrogen-bond acceptors (Lipinski definition) is 5. The van der Waals surface area contributed by atoms with E-state index in [1.54, 1.807) is 16.7 Å². The number of carbonyl (C=O) groups is 3. The Morgan fingerprint density at radius 1 is 1.39 bits per heavy atom. The monoisotopic (exact) mass is 343 g/mol. The van der Waals surface area contributed by atoms with Gasteiger partial charge in [0.15, 0.2) is 0 Å². The molecule has 2 saturated heterocycles. The van der Waals surface area contributed by atoms with E-state index in [1.807, 2.05) is 13.2 Å². The minimum Gasteiger partial charge on any atom is -0.480 e. The van der Waals surface area contributed by atoms with Gasteiger partial charge in [0.1, 0.15) is 6.54 Å². The van der Waals surface area contributed by atoms with Gasteiger partial charge in [0, 0.05) is 32.4 Å². The highest BCUT2D eigenvalue weighted by molar-refractivity contribution is 7.98. The average Bonchev–Trinajstić information content (AvgIpc) is 2.78. The summed E-state index contributed by atoms with van der Waals surface area (Å²) < 4.78 is 0. The van der Waals surface area contributed by atoms with Crippen LogP contribution in [0.3, 0.4) is 0 Å². The molecule has 0 aromatic rings. The largest absolute Gasteiger partial charge is 0.480 e. The van der Waals surface area contributed by atoms with Crippen molar-refractivity contribution in [3.63, 3.8) is 0 Å². The summed E-state index contributed by atoms with van der Waals surface area (Å²) in [5.74, 6) is -0.178. The molecule has 23 heavy (non-hydrogen) atoms. The Balaban J connectivity index is 2.12. The molecule has 130 valence electrons. The Hall–Kier alpha value is -1.28. The number of thioether (sulfide) groups is 1. The number of nitrogens with zero attached hydrogens (tertiary/aromatic N) is 2. The lowest BCUT2D eigenvalue weighted by Crippen LogP contribution is -2.60. The van der Waals surface area contributed by atoms with E-state index in [1.165, 1.54) is 4.90 Å². The molecule has 2 fully saturated rings. The van der Waals surface area contributed by atoms with E-state index < -0.39 is 11.6 Å². The van der Waals surface area contributed by atoms with E-state index in [-0.39, 0.29) is 24.4 Å². The number of piperidine rings is 1. The summed E-state index contributed by atoms with van der Waals surface area (Å²) in [6.07, 6.45) is 4.30. The van der Waals surface area contributed by atoms with Crippen LogP contribution in [0.15, 0.2) is 0 Å². The van der Waals surface area contributed by atoms with Gasteiger partial charge in [-0.2, -0.15) is 11.8 Å². The lowest BCUT2D eigenvalue weighted by Gasteiger charge is -2.44. The van der Waals surface area contributed by atoms with E-state index in [0.29, 0.717) is 38.8 Å². The third-order valence-corrected chi connectivity index (χ3v) is 5.32. The highest BCUT2D eigenvalue weighted by Crippen LogP contribution is 2.33. The quantitative estimate of drug-likeness (QED) is 0.723. The molecule has 2 aliphatic rings. The zero-order valence-electron chi connectivity index (χ0n) is 13.7. The van der Waals surface area contributed by atoms with Crippen LogP contribution in [0.5, 0.6) is 0 Å². The fraction of sp³-hybridized carbons (Fsp3) is 0.800. The van der Waals surface area contributed by atoms with Crippen molar-refractivity contribution in [2.24, 2.45) is 0 Å². The van der Waals surface area contributed by atoms with Crippen LogP contribution in [0.25, 0.3) is 0 Å². The van der Waals surface area contributed by atoms with Crippen molar-refractivity contribution in [2.75, 3.05) is 31.6 Å². The first kappa shape index (κ1) is 18.1. The maximum atomic E-state index is 12.6. The van der Waals surface area contributed by atoms with Gasteiger partial charge in [-0.3, -0.25) is 19.7 Å². The Labute approximate surface area is 140 Å². The topological polar surface area (TPSA) is 90.0 Å². The maximum absolute atomic E-state index is 12.6. The summed E-state index contributed by atoms with van der Waals surface area (Å²) in [4.78, 5) is 38.9. The fourth-order valence-corrected chi connectivity index (χ4v) is 3.89. The van der Waals surface area contributed by atoms with Crippen LogP contribution in [-0.2, 0) is 14.4 Å². The van der Waals surface area contributed by atoms with Crippen molar-refractivity contribution in [2.45, 2.75) is 44.3 Å². The molecule has 8 heteroatoms. The fourth-order valence-electron chi connectivity index (χ4n) is 3.42. The number of carbonyl (C=O) groups excluding carboxylic acids is 2. The molecule has 2 amide bonds. The van der Waals surface area contributed by atoms with Gasteiger partial charge in [-0.25, -0.2) is 0 Å². The Morgan fingerprint density at radius 3 is 2.57 bits per heavy atom. The molecule has 2 aliphatic heterocycles. The van der Waals surface area contributed by atoms with Crippen LogP contribution in [0.4, 0.5) is 0 Å². The molecule has 0 radical (unpaired) electrons. The second-order valence-corrected chi connectivity index (χ2v) is 7.05. The molecule has 0 aromatic carbocycles. The summed E-state index contributed by atoms with van der Waals surface area (Å²) in [5.41, 5.74) is -0.622. The highest BCUT2D eigenvalue weighted by atomic mass is 32.2. The minimum absolute atomic E-state index is 0.105. The normalized spacial score (nSPS) is 23.6. The van der Waals surface area contributed by atoms with Crippen molar-refractivity contribution in [1.29, 1.82) is 0 Å². The van der Waals surface area contributed by atoms with Crippen LogP contribution >= 0.6 is 11.8 Å². The molecular formula is C15H25N3O4S. The van der Waals surface area contributed by atoms with Crippen molar-refractivity contribution >= 4 is 29.5 Å². The minimum atomic E-state index is -1.00. The molecule has 2 N–H and O–H groups in total. The standard InChI is InChI=1S/C15H25N3O4S/c1-3-12(19)17-7-5-15(6-8-17)16-11(4-9-23-2)14(22)18(15)10-13(20)21/h11,16H,3-10H2,1-2H3,(H,20,21). The average molecular weight is 343 g/mol. The van der Waals surface area contributed by atoms with Crippen molar-refractivity contribution in [3.8, 4) is 0 Å². The molecule has 7 nitrogen and oxygen atoms in total. The zero-order valence-corrected chi connectivity index (χ0v) is 14.5. The maximum Gasteiger partial charge on any atom is 0.323 e. The summed E-state index contributed by atoms with van der Waals surface area (Å²) in [6, 6.07) is -0.324. The molecule has 1 spiro atoms.